The number of nitrogens with zero attached hydrogens (tertiary/aromatic N) is 2. The van der Waals surface area contributed by atoms with Crippen molar-refractivity contribution in [1.29, 1.82) is 5.26 Å². The summed E-state index contributed by atoms with van der Waals surface area (Å²) in [5.74, 6) is 0.405. The number of hydrogen-bond acceptors (Lipinski definition) is 3. The number of rotatable bonds is 4. The summed E-state index contributed by atoms with van der Waals surface area (Å²) in [5, 5.41) is 19.0. The number of aliphatic hydroxyl groups is 1. The third-order valence-electron chi connectivity index (χ3n) is 3.90. The van der Waals surface area contributed by atoms with Gasteiger partial charge >= 0.3 is 0 Å². The van der Waals surface area contributed by atoms with Crippen LogP contribution in [0.15, 0.2) is 43.0 Å². The zero-order valence-electron chi connectivity index (χ0n) is 11.1. The van der Waals surface area contributed by atoms with Crippen LogP contribution in [-0.2, 0) is 0 Å². The highest BCUT2D eigenvalue weighted by Crippen LogP contribution is 2.30. The molecule has 1 aromatic rings. The van der Waals surface area contributed by atoms with Crippen LogP contribution in [-0.4, -0.2) is 29.2 Å². The molecule has 1 heterocycles. The lowest BCUT2D eigenvalue weighted by Crippen LogP contribution is -2.45. The second kappa shape index (κ2) is 6.51. The summed E-state index contributed by atoms with van der Waals surface area (Å²) >= 11 is 0. The van der Waals surface area contributed by atoms with Crippen LogP contribution in [0.25, 0.3) is 0 Å². The molecule has 0 aromatic heterocycles. The number of likely N-dealkylation sites (tertiary alicyclic amines) is 1. The van der Waals surface area contributed by atoms with Gasteiger partial charge < -0.3 is 5.11 Å². The van der Waals surface area contributed by atoms with Crippen LogP contribution in [0.5, 0.6) is 0 Å². The molecule has 0 unspecified atom stereocenters. The third-order valence-corrected chi connectivity index (χ3v) is 3.90. The predicted molar refractivity (Wildman–Crippen MR) is 75.3 cm³/mol. The van der Waals surface area contributed by atoms with Crippen LogP contribution in [0.2, 0.25) is 0 Å². The third kappa shape index (κ3) is 3.04. The van der Waals surface area contributed by atoms with E-state index >= 15 is 0 Å². The molecule has 3 nitrogen and oxygen atoms in total. The largest absolute Gasteiger partial charge is 0.394 e. The first-order valence-corrected chi connectivity index (χ1v) is 6.74. The molecule has 0 spiro atoms. The molecule has 19 heavy (non-hydrogen) atoms. The summed E-state index contributed by atoms with van der Waals surface area (Å²) in [7, 11) is 0. The molecule has 0 bridgehead atoms. The van der Waals surface area contributed by atoms with E-state index in [1.54, 1.807) is 0 Å². The average molecular weight is 256 g/mol. The Morgan fingerprint density at radius 1 is 1.42 bits per heavy atom. The average Bonchev–Trinajstić information content (AvgIpc) is 2.49. The molecule has 1 N–H and O–H groups in total. The van der Waals surface area contributed by atoms with Gasteiger partial charge in [-0.3, -0.25) is 4.90 Å². The maximum atomic E-state index is 9.73. The van der Waals surface area contributed by atoms with Crippen molar-refractivity contribution in [2.75, 3.05) is 13.2 Å². The van der Waals surface area contributed by atoms with Gasteiger partial charge in [0, 0.05) is 6.54 Å². The zero-order chi connectivity index (χ0) is 13.7. The quantitative estimate of drug-likeness (QED) is 0.842. The van der Waals surface area contributed by atoms with Crippen molar-refractivity contribution >= 4 is 0 Å². The Morgan fingerprint density at radius 3 is 2.74 bits per heavy atom. The SMILES string of the molecule is C=C[C@H]1CC[C@@H](C#N)N([C@@H](CO)c2ccccc2)C1. The van der Waals surface area contributed by atoms with Crippen LogP contribution in [0, 0.1) is 17.2 Å². The number of hydrogen-bond donors (Lipinski definition) is 1. The highest BCUT2D eigenvalue weighted by Gasteiger charge is 2.32. The summed E-state index contributed by atoms with van der Waals surface area (Å²) in [6.07, 6.45) is 3.81. The molecule has 1 saturated heterocycles. The number of nitriles is 1. The summed E-state index contributed by atoms with van der Waals surface area (Å²) < 4.78 is 0. The smallest absolute Gasteiger partial charge is 0.0984 e. The van der Waals surface area contributed by atoms with Crippen molar-refractivity contribution in [3.05, 3.63) is 48.6 Å². The molecular weight excluding hydrogens is 236 g/mol. The van der Waals surface area contributed by atoms with E-state index in [9.17, 15) is 10.4 Å². The Hall–Kier alpha value is -1.63. The lowest BCUT2D eigenvalue weighted by Gasteiger charge is -2.40. The molecule has 1 aromatic carbocycles. The standard InChI is InChI=1S/C16H20N2O/c1-2-13-8-9-15(10-17)18(11-13)16(12-19)14-6-4-3-5-7-14/h2-7,13,15-16,19H,1,8-9,11-12H2/t13-,15-,16-/m0/s1. The Bertz CT molecular complexity index is 452. The van der Waals surface area contributed by atoms with E-state index < -0.39 is 0 Å². The van der Waals surface area contributed by atoms with Crippen LogP contribution in [0.3, 0.4) is 0 Å². The molecular formula is C16H20N2O. The summed E-state index contributed by atoms with van der Waals surface area (Å²) in [5.41, 5.74) is 1.06. The topological polar surface area (TPSA) is 47.3 Å². The summed E-state index contributed by atoms with van der Waals surface area (Å²) in [6, 6.07) is 12.1. The molecule has 1 aliphatic heterocycles. The second-order valence-corrected chi connectivity index (χ2v) is 5.02. The molecule has 0 radical (unpaired) electrons. The van der Waals surface area contributed by atoms with Crippen LogP contribution < -0.4 is 0 Å². The highest BCUT2D eigenvalue weighted by atomic mass is 16.3. The lowest BCUT2D eigenvalue weighted by atomic mass is 9.90. The Balaban J connectivity index is 2.24. The van der Waals surface area contributed by atoms with E-state index in [1.807, 2.05) is 36.4 Å². The fourth-order valence-electron chi connectivity index (χ4n) is 2.78. The maximum absolute atomic E-state index is 9.73. The zero-order valence-corrected chi connectivity index (χ0v) is 11.1. The molecule has 1 fully saturated rings. The number of benzene rings is 1. The van der Waals surface area contributed by atoms with Gasteiger partial charge in [-0.25, -0.2) is 0 Å². The molecule has 2 rings (SSSR count). The van der Waals surface area contributed by atoms with Crippen molar-refractivity contribution < 1.29 is 5.11 Å². The van der Waals surface area contributed by atoms with Crippen molar-refractivity contribution in [3.63, 3.8) is 0 Å². The fourth-order valence-corrected chi connectivity index (χ4v) is 2.78. The van der Waals surface area contributed by atoms with Gasteiger partial charge in [-0.15, -0.1) is 6.58 Å². The summed E-state index contributed by atoms with van der Waals surface area (Å²) in [6.45, 7) is 4.68. The Morgan fingerprint density at radius 2 is 2.16 bits per heavy atom. The van der Waals surface area contributed by atoms with E-state index in [0.29, 0.717) is 5.92 Å². The number of aliphatic hydroxyl groups excluding tert-OH is 1. The maximum Gasteiger partial charge on any atom is 0.0984 e. The Labute approximate surface area is 114 Å². The fraction of sp³-hybridized carbons (Fsp3) is 0.438. The minimum absolute atomic E-state index is 0.0338. The van der Waals surface area contributed by atoms with Gasteiger partial charge in [0.25, 0.3) is 0 Å². The minimum atomic E-state index is -0.117. The van der Waals surface area contributed by atoms with Crippen molar-refractivity contribution in [2.24, 2.45) is 5.92 Å². The van der Waals surface area contributed by atoms with E-state index in [2.05, 4.69) is 17.5 Å². The van der Waals surface area contributed by atoms with E-state index in [4.69, 9.17) is 0 Å². The molecule has 1 aliphatic rings. The molecule has 100 valence electrons. The van der Waals surface area contributed by atoms with E-state index in [-0.39, 0.29) is 18.7 Å². The highest BCUT2D eigenvalue weighted by molar-refractivity contribution is 5.20. The molecule has 0 amide bonds. The monoisotopic (exact) mass is 256 g/mol. The summed E-state index contributed by atoms with van der Waals surface area (Å²) in [4.78, 5) is 2.12. The lowest BCUT2D eigenvalue weighted by molar-refractivity contribution is 0.0640. The van der Waals surface area contributed by atoms with Gasteiger partial charge in [0.2, 0.25) is 0 Å². The predicted octanol–water partition coefficient (Wildman–Crippen LogP) is 2.51. The first-order valence-electron chi connectivity index (χ1n) is 6.74. The minimum Gasteiger partial charge on any atom is -0.394 e. The van der Waals surface area contributed by atoms with E-state index in [0.717, 1.165) is 24.9 Å². The van der Waals surface area contributed by atoms with Gasteiger partial charge in [-0.05, 0) is 24.3 Å². The van der Waals surface area contributed by atoms with Gasteiger partial charge in [0.1, 0.15) is 0 Å². The van der Waals surface area contributed by atoms with E-state index in [1.165, 1.54) is 0 Å². The molecule has 3 heteroatoms. The van der Waals surface area contributed by atoms with Gasteiger partial charge in [-0.1, -0.05) is 36.4 Å². The first kappa shape index (κ1) is 13.8. The normalized spacial score (nSPS) is 25.5. The van der Waals surface area contributed by atoms with Crippen LogP contribution >= 0.6 is 0 Å². The number of piperidine rings is 1. The molecule has 0 saturated carbocycles. The van der Waals surface area contributed by atoms with Crippen molar-refractivity contribution in [1.82, 2.24) is 4.90 Å². The van der Waals surface area contributed by atoms with Gasteiger partial charge in [0.15, 0.2) is 0 Å². The Kier molecular flexibility index (Phi) is 4.73. The van der Waals surface area contributed by atoms with Crippen molar-refractivity contribution in [3.8, 4) is 6.07 Å². The van der Waals surface area contributed by atoms with Crippen LogP contribution in [0.4, 0.5) is 0 Å². The van der Waals surface area contributed by atoms with Crippen LogP contribution in [0.1, 0.15) is 24.4 Å². The van der Waals surface area contributed by atoms with Gasteiger partial charge in [0.05, 0.1) is 24.8 Å². The first-order chi connectivity index (χ1) is 9.30. The molecule has 0 aliphatic carbocycles. The van der Waals surface area contributed by atoms with Gasteiger partial charge in [-0.2, -0.15) is 5.26 Å². The van der Waals surface area contributed by atoms with Crippen molar-refractivity contribution in [2.45, 2.75) is 24.9 Å². The molecule has 3 atom stereocenters. The second-order valence-electron chi connectivity index (χ2n) is 5.02.